The average Bonchev–Trinajstić information content (AvgIpc) is 3.17. The molecule has 2 heterocycles. The van der Waals surface area contributed by atoms with Gasteiger partial charge in [-0.1, -0.05) is 23.9 Å². The van der Waals surface area contributed by atoms with Gasteiger partial charge in [-0.05, 0) is 45.9 Å². The molecule has 1 aromatic carbocycles. The van der Waals surface area contributed by atoms with Crippen LogP contribution >= 0.6 is 11.8 Å². The van der Waals surface area contributed by atoms with Crippen LogP contribution in [0.15, 0.2) is 40.0 Å². The van der Waals surface area contributed by atoms with Crippen LogP contribution in [0.4, 0.5) is 0 Å². The lowest BCUT2D eigenvalue weighted by Gasteiger charge is -2.13. The number of para-hydroxylation sites is 2. The lowest BCUT2D eigenvalue weighted by molar-refractivity contribution is -0.139. The van der Waals surface area contributed by atoms with Gasteiger partial charge in [0.15, 0.2) is 12.2 Å². The monoisotopic (exact) mass is 386 g/mol. The van der Waals surface area contributed by atoms with E-state index in [0.29, 0.717) is 16.4 Å². The Labute approximate surface area is 161 Å². The Bertz CT molecular complexity index is 954. The number of nitrogens with zero attached hydrogens (tertiary/aromatic N) is 2. The van der Waals surface area contributed by atoms with E-state index in [1.807, 2.05) is 44.2 Å². The van der Waals surface area contributed by atoms with Gasteiger partial charge in [-0.15, -0.1) is 0 Å². The highest BCUT2D eigenvalue weighted by molar-refractivity contribution is 7.99. The number of oxazole rings is 1. The van der Waals surface area contributed by atoms with Gasteiger partial charge in [0.25, 0.3) is 5.22 Å². The predicted octanol–water partition coefficient (Wildman–Crippen LogP) is 4.35. The second-order valence-electron chi connectivity index (χ2n) is 6.57. The first kappa shape index (κ1) is 19.2. The molecule has 142 valence electrons. The van der Waals surface area contributed by atoms with Crippen molar-refractivity contribution in [3.63, 3.8) is 0 Å². The van der Waals surface area contributed by atoms with Gasteiger partial charge >= 0.3 is 5.97 Å². The number of aryl methyl sites for hydroxylation is 1. The lowest BCUT2D eigenvalue weighted by atomic mass is 10.1. The fourth-order valence-corrected chi connectivity index (χ4v) is 3.79. The summed E-state index contributed by atoms with van der Waals surface area (Å²) in [7, 11) is 0. The lowest BCUT2D eigenvalue weighted by Crippen LogP contribution is -2.16. The van der Waals surface area contributed by atoms with Gasteiger partial charge in [-0.25, -0.2) is 4.98 Å². The number of aromatic nitrogens is 2. The van der Waals surface area contributed by atoms with E-state index >= 15 is 0 Å². The summed E-state index contributed by atoms with van der Waals surface area (Å²) in [5.74, 6) is -0.644. The molecule has 0 aliphatic carbocycles. The summed E-state index contributed by atoms with van der Waals surface area (Å²) in [6, 6.07) is 9.50. The van der Waals surface area contributed by atoms with Gasteiger partial charge in [-0.3, -0.25) is 9.59 Å². The molecule has 27 heavy (non-hydrogen) atoms. The van der Waals surface area contributed by atoms with E-state index in [0.717, 1.165) is 28.7 Å². The van der Waals surface area contributed by atoms with Crippen LogP contribution in [0.2, 0.25) is 0 Å². The van der Waals surface area contributed by atoms with Gasteiger partial charge in [0.1, 0.15) is 11.3 Å². The molecule has 0 saturated carbocycles. The molecule has 0 fully saturated rings. The molecule has 0 saturated heterocycles. The smallest absolute Gasteiger partial charge is 0.316 e. The van der Waals surface area contributed by atoms with E-state index in [-0.39, 0.29) is 24.2 Å². The van der Waals surface area contributed by atoms with Crippen molar-refractivity contribution in [2.24, 2.45) is 0 Å². The number of fused-ring (bicyclic) bond motifs is 1. The van der Waals surface area contributed by atoms with Gasteiger partial charge in [-0.2, -0.15) is 0 Å². The standard InChI is InChI=1S/C20H22N2O4S/c1-12(2)22-13(3)9-15(14(22)4)17(23)10-25-19(24)11-27-20-21-16-7-5-6-8-18(16)26-20/h5-9,12H,10-11H2,1-4H3. The normalized spacial score (nSPS) is 11.3. The number of Topliss-reactive ketones (excluding diaryl/α,β-unsaturated/α-hetero) is 1. The number of carbonyl (C=O) groups is 2. The maximum absolute atomic E-state index is 12.4. The van der Waals surface area contributed by atoms with Gasteiger partial charge < -0.3 is 13.7 Å². The van der Waals surface area contributed by atoms with Crippen molar-refractivity contribution in [1.29, 1.82) is 0 Å². The second-order valence-corrected chi connectivity index (χ2v) is 7.50. The van der Waals surface area contributed by atoms with E-state index in [4.69, 9.17) is 9.15 Å². The number of ether oxygens (including phenoxy) is 1. The fourth-order valence-electron chi connectivity index (χ4n) is 3.15. The van der Waals surface area contributed by atoms with Crippen molar-refractivity contribution in [3.05, 3.63) is 47.3 Å². The third kappa shape index (κ3) is 4.24. The Hall–Kier alpha value is -2.54. The fraction of sp³-hybridized carbons (Fsp3) is 0.350. The van der Waals surface area contributed by atoms with Crippen molar-refractivity contribution >= 4 is 34.6 Å². The predicted molar refractivity (Wildman–Crippen MR) is 104 cm³/mol. The highest BCUT2D eigenvalue weighted by Crippen LogP contribution is 2.23. The van der Waals surface area contributed by atoms with E-state index in [1.165, 1.54) is 0 Å². The van der Waals surface area contributed by atoms with E-state index in [9.17, 15) is 9.59 Å². The van der Waals surface area contributed by atoms with E-state index in [1.54, 1.807) is 0 Å². The van der Waals surface area contributed by atoms with Crippen LogP contribution in [-0.2, 0) is 9.53 Å². The molecule has 0 spiro atoms. The maximum atomic E-state index is 12.4. The molecule has 0 atom stereocenters. The SMILES string of the molecule is Cc1cc(C(=O)COC(=O)CSc2nc3ccccc3o2)c(C)n1C(C)C. The number of hydrogen-bond acceptors (Lipinski definition) is 6. The molecule has 0 N–H and O–H groups in total. The van der Waals surface area contributed by atoms with Gasteiger partial charge in [0, 0.05) is 23.0 Å². The molecule has 6 nitrogen and oxygen atoms in total. The number of rotatable bonds is 7. The first-order chi connectivity index (χ1) is 12.9. The quantitative estimate of drug-likeness (QED) is 0.341. The molecule has 0 amide bonds. The first-order valence-electron chi connectivity index (χ1n) is 8.72. The number of hydrogen-bond donors (Lipinski definition) is 0. The topological polar surface area (TPSA) is 74.3 Å². The van der Waals surface area contributed by atoms with Crippen LogP contribution in [-0.4, -0.2) is 33.7 Å². The summed E-state index contributed by atoms with van der Waals surface area (Å²) in [5, 5.41) is 0.403. The van der Waals surface area contributed by atoms with Crippen LogP contribution < -0.4 is 0 Å². The summed E-state index contributed by atoms with van der Waals surface area (Å²) in [5.41, 5.74) is 3.92. The summed E-state index contributed by atoms with van der Waals surface area (Å²) < 4.78 is 12.8. The molecule has 3 rings (SSSR count). The minimum Gasteiger partial charge on any atom is -0.457 e. The number of esters is 1. The third-order valence-corrected chi connectivity index (χ3v) is 5.05. The van der Waals surface area contributed by atoms with Crippen LogP contribution in [0, 0.1) is 13.8 Å². The third-order valence-electron chi connectivity index (χ3n) is 4.25. The number of thioether (sulfide) groups is 1. The van der Waals surface area contributed by atoms with Gasteiger partial charge in [0.2, 0.25) is 5.78 Å². The Morgan fingerprint density at radius 2 is 2.00 bits per heavy atom. The molecule has 2 aromatic heterocycles. The summed E-state index contributed by atoms with van der Waals surface area (Å²) >= 11 is 1.15. The van der Waals surface area contributed by atoms with Crippen LogP contribution in [0.3, 0.4) is 0 Å². The minimum absolute atomic E-state index is 0.0329. The molecule has 3 aromatic rings. The Balaban J connectivity index is 1.54. The molecule has 0 radical (unpaired) electrons. The van der Waals surface area contributed by atoms with Crippen molar-refractivity contribution in [3.8, 4) is 0 Å². The first-order valence-corrected chi connectivity index (χ1v) is 9.71. The highest BCUT2D eigenvalue weighted by Gasteiger charge is 2.19. The number of carbonyl (C=O) groups excluding carboxylic acids is 2. The zero-order valence-electron chi connectivity index (χ0n) is 15.8. The molecule has 0 aliphatic heterocycles. The van der Waals surface area contributed by atoms with Crippen LogP contribution in [0.1, 0.15) is 41.6 Å². The van der Waals surface area contributed by atoms with E-state index in [2.05, 4.69) is 23.4 Å². The highest BCUT2D eigenvalue weighted by atomic mass is 32.2. The summed E-state index contributed by atoms with van der Waals surface area (Å²) in [4.78, 5) is 28.7. The van der Waals surface area contributed by atoms with Crippen LogP contribution in [0.5, 0.6) is 0 Å². The Morgan fingerprint density at radius 3 is 2.67 bits per heavy atom. The number of benzene rings is 1. The Kier molecular flexibility index (Phi) is 5.70. The maximum Gasteiger partial charge on any atom is 0.316 e. The molecular formula is C20H22N2O4S. The molecule has 7 heteroatoms. The largest absolute Gasteiger partial charge is 0.457 e. The number of ketones is 1. The zero-order valence-corrected chi connectivity index (χ0v) is 16.6. The average molecular weight is 386 g/mol. The van der Waals surface area contributed by atoms with Crippen molar-refractivity contribution in [1.82, 2.24) is 9.55 Å². The van der Waals surface area contributed by atoms with Crippen LogP contribution in [0.25, 0.3) is 11.1 Å². The molecule has 0 unspecified atom stereocenters. The molecule has 0 aliphatic rings. The van der Waals surface area contributed by atoms with Crippen molar-refractivity contribution in [2.75, 3.05) is 12.4 Å². The Morgan fingerprint density at radius 1 is 1.26 bits per heavy atom. The molecule has 0 bridgehead atoms. The second kappa shape index (κ2) is 8.00. The van der Waals surface area contributed by atoms with Gasteiger partial charge in [0.05, 0.1) is 0 Å². The molecular weight excluding hydrogens is 364 g/mol. The van der Waals surface area contributed by atoms with Crippen molar-refractivity contribution in [2.45, 2.75) is 39.0 Å². The zero-order chi connectivity index (χ0) is 19.6. The summed E-state index contributed by atoms with van der Waals surface area (Å²) in [6.07, 6.45) is 0. The van der Waals surface area contributed by atoms with E-state index < -0.39 is 5.97 Å². The summed E-state index contributed by atoms with van der Waals surface area (Å²) in [6.45, 7) is 7.74. The minimum atomic E-state index is -0.478. The van der Waals surface area contributed by atoms with Crippen molar-refractivity contribution < 1.29 is 18.7 Å².